The molecule has 0 unspecified atom stereocenters. The number of carboxylic acid groups (broad SMARTS) is 1. The van der Waals surface area contributed by atoms with Crippen LogP contribution in [0.3, 0.4) is 0 Å². The summed E-state index contributed by atoms with van der Waals surface area (Å²) >= 11 is 8.23. The van der Waals surface area contributed by atoms with Crippen LogP contribution in [0, 0.1) is 5.82 Å². The van der Waals surface area contributed by atoms with Crippen LogP contribution in [0.15, 0.2) is 46.9 Å². The molecular weight excluding hydrogens is 387 g/mol. The lowest BCUT2D eigenvalue weighted by molar-refractivity contribution is 0.0696. The highest BCUT2D eigenvalue weighted by Crippen LogP contribution is 2.23. The van der Waals surface area contributed by atoms with Crippen molar-refractivity contribution in [2.24, 2.45) is 0 Å². The average molecular weight is 397 g/mol. The summed E-state index contributed by atoms with van der Waals surface area (Å²) in [5, 5.41) is 13.9. The summed E-state index contributed by atoms with van der Waals surface area (Å²) in [5.41, 5.74) is 0.276. The van der Waals surface area contributed by atoms with Gasteiger partial charge in [0.1, 0.15) is 5.82 Å². The molecule has 0 fully saturated rings. The van der Waals surface area contributed by atoms with Gasteiger partial charge in [0.05, 0.1) is 16.8 Å². The summed E-state index contributed by atoms with van der Waals surface area (Å²) in [6.45, 7) is 0. The molecule has 0 spiro atoms. The molecule has 2 rings (SSSR count). The maximum Gasteiger partial charge on any atom is 0.335 e. The van der Waals surface area contributed by atoms with Crippen LogP contribution in [-0.4, -0.2) is 22.1 Å². The quantitative estimate of drug-likeness (QED) is 0.692. The Morgan fingerprint density at radius 3 is 2.52 bits per heavy atom. The third kappa shape index (κ3) is 4.33. The first-order valence-electron chi connectivity index (χ1n) is 6.28. The summed E-state index contributed by atoms with van der Waals surface area (Å²) in [6.07, 6.45) is 0. The monoisotopic (exact) mass is 396 g/mol. The summed E-state index contributed by atoms with van der Waals surface area (Å²) in [6, 6.07) is 9.80. The molecule has 2 aromatic rings. The van der Waals surface area contributed by atoms with Crippen LogP contribution >= 0.6 is 28.1 Å². The van der Waals surface area contributed by atoms with Crippen LogP contribution < -0.4 is 10.6 Å². The van der Waals surface area contributed by atoms with Crippen molar-refractivity contribution < 1.29 is 19.1 Å². The van der Waals surface area contributed by atoms with Crippen LogP contribution in [-0.2, 0) is 0 Å². The zero-order valence-corrected chi connectivity index (χ0v) is 13.9. The number of anilines is 1. The minimum absolute atomic E-state index is 0.0546. The fourth-order valence-electron chi connectivity index (χ4n) is 1.72. The number of nitrogens with one attached hydrogen (secondary N) is 2. The van der Waals surface area contributed by atoms with E-state index in [-0.39, 0.29) is 16.2 Å². The average Bonchev–Trinajstić information content (AvgIpc) is 2.49. The first kappa shape index (κ1) is 17.0. The summed E-state index contributed by atoms with van der Waals surface area (Å²) < 4.78 is 14.1. The number of carbonyl (C=O) groups excluding carboxylic acids is 1. The normalized spacial score (nSPS) is 10.0. The number of rotatable bonds is 3. The maximum atomic E-state index is 13.5. The SMILES string of the molecule is O=C(O)c1ccc(Br)c(NC(=S)NC(=O)c2ccccc2F)c1. The fraction of sp³-hybridized carbons (Fsp3) is 0. The van der Waals surface area contributed by atoms with Gasteiger partial charge in [-0.25, -0.2) is 9.18 Å². The number of hydrogen-bond donors (Lipinski definition) is 3. The Hall–Kier alpha value is -2.32. The third-order valence-corrected chi connectivity index (χ3v) is 3.70. The number of halogens is 2. The van der Waals surface area contributed by atoms with Crippen molar-refractivity contribution in [3.8, 4) is 0 Å². The molecule has 2 aromatic carbocycles. The molecule has 0 heterocycles. The predicted octanol–water partition coefficient (Wildman–Crippen LogP) is 3.41. The Bertz CT molecular complexity index is 798. The fourth-order valence-corrected chi connectivity index (χ4v) is 2.27. The second-order valence-corrected chi connectivity index (χ2v) is 5.65. The number of amides is 1. The smallest absolute Gasteiger partial charge is 0.335 e. The van der Waals surface area contributed by atoms with Crippen LogP contribution in [0.25, 0.3) is 0 Å². The van der Waals surface area contributed by atoms with Crippen molar-refractivity contribution in [2.45, 2.75) is 0 Å². The van der Waals surface area contributed by atoms with Crippen LogP contribution in [0.2, 0.25) is 0 Å². The number of carbonyl (C=O) groups is 2. The van der Waals surface area contributed by atoms with E-state index in [2.05, 4.69) is 26.6 Å². The van der Waals surface area contributed by atoms with Gasteiger partial charge in [0, 0.05) is 4.47 Å². The molecule has 118 valence electrons. The van der Waals surface area contributed by atoms with Crippen molar-refractivity contribution in [1.82, 2.24) is 5.32 Å². The lowest BCUT2D eigenvalue weighted by atomic mass is 10.2. The van der Waals surface area contributed by atoms with Gasteiger partial charge >= 0.3 is 5.97 Å². The van der Waals surface area contributed by atoms with E-state index >= 15 is 0 Å². The Balaban J connectivity index is 2.11. The second kappa shape index (κ2) is 7.30. The van der Waals surface area contributed by atoms with Crippen molar-refractivity contribution in [1.29, 1.82) is 0 Å². The molecule has 0 aromatic heterocycles. The third-order valence-electron chi connectivity index (χ3n) is 2.81. The molecule has 5 nitrogen and oxygen atoms in total. The molecule has 0 saturated carbocycles. The molecule has 0 radical (unpaired) electrons. The molecule has 23 heavy (non-hydrogen) atoms. The lowest BCUT2D eigenvalue weighted by Crippen LogP contribution is -2.34. The number of thiocarbonyl (C=S) groups is 1. The summed E-state index contributed by atoms with van der Waals surface area (Å²) in [4.78, 5) is 22.9. The van der Waals surface area contributed by atoms with E-state index in [1.165, 1.54) is 36.4 Å². The van der Waals surface area contributed by atoms with E-state index in [1.54, 1.807) is 0 Å². The van der Waals surface area contributed by atoms with Gasteiger partial charge in [-0.15, -0.1) is 0 Å². The number of aromatic carboxylic acids is 1. The first-order valence-corrected chi connectivity index (χ1v) is 7.48. The van der Waals surface area contributed by atoms with Gasteiger partial charge in [0.25, 0.3) is 5.91 Å². The first-order chi connectivity index (χ1) is 10.9. The molecular formula is C15H10BrFN2O3S. The highest BCUT2D eigenvalue weighted by molar-refractivity contribution is 9.10. The van der Waals surface area contributed by atoms with E-state index in [4.69, 9.17) is 17.3 Å². The van der Waals surface area contributed by atoms with Gasteiger partial charge in [-0.05, 0) is 58.5 Å². The molecule has 0 bridgehead atoms. The van der Waals surface area contributed by atoms with Gasteiger partial charge in [-0.1, -0.05) is 12.1 Å². The zero-order chi connectivity index (χ0) is 17.0. The summed E-state index contributed by atoms with van der Waals surface area (Å²) in [7, 11) is 0. The van der Waals surface area contributed by atoms with Crippen LogP contribution in [0.4, 0.5) is 10.1 Å². The minimum Gasteiger partial charge on any atom is -0.478 e. The number of benzene rings is 2. The Labute approximate surface area is 144 Å². The highest BCUT2D eigenvalue weighted by atomic mass is 79.9. The van der Waals surface area contributed by atoms with Crippen molar-refractivity contribution in [3.05, 3.63) is 63.9 Å². The van der Waals surface area contributed by atoms with Crippen LogP contribution in [0.1, 0.15) is 20.7 Å². The van der Waals surface area contributed by atoms with Gasteiger partial charge in [-0.3, -0.25) is 10.1 Å². The Morgan fingerprint density at radius 1 is 1.17 bits per heavy atom. The number of carboxylic acids is 1. The van der Waals surface area contributed by atoms with E-state index in [9.17, 15) is 14.0 Å². The van der Waals surface area contributed by atoms with E-state index in [0.717, 1.165) is 6.07 Å². The van der Waals surface area contributed by atoms with Crippen molar-refractivity contribution in [2.75, 3.05) is 5.32 Å². The summed E-state index contributed by atoms with van der Waals surface area (Å²) in [5.74, 6) is -2.46. The van der Waals surface area contributed by atoms with Crippen molar-refractivity contribution >= 4 is 50.8 Å². The van der Waals surface area contributed by atoms with Gasteiger partial charge in [0.15, 0.2) is 5.11 Å². The van der Waals surface area contributed by atoms with E-state index in [1.807, 2.05) is 0 Å². The largest absolute Gasteiger partial charge is 0.478 e. The van der Waals surface area contributed by atoms with Crippen LogP contribution in [0.5, 0.6) is 0 Å². The molecule has 0 aliphatic heterocycles. The Morgan fingerprint density at radius 2 is 1.87 bits per heavy atom. The highest BCUT2D eigenvalue weighted by Gasteiger charge is 2.13. The van der Waals surface area contributed by atoms with Gasteiger partial charge in [0.2, 0.25) is 0 Å². The van der Waals surface area contributed by atoms with Gasteiger partial charge in [-0.2, -0.15) is 0 Å². The van der Waals surface area contributed by atoms with Gasteiger partial charge < -0.3 is 10.4 Å². The predicted molar refractivity (Wildman–Crippen MR) is 91.2 cm³/mol. The molecule has 3 N–H and O–H groups in total. The molecule has 0 atom stereocenters. The minimum atomic E-state index is -1.10. The molecule has 1 amide bonds. The van der Waals surface area contributed by atoms with E-state index in [0.29, 0.717) is 10.2 Å². The number of hydrogen-bond acceptors (Lipinski definition) is 3. The molecule has 8 heteroatoms. The zero-order valence-electron chi connectivity index (χ0n) is 11.5. The second-order valence-electron chi connectivity index (χ2n) is 4.39. The van der Waals surface area contributed by atoms with E-state index < -0.39 is 17.7 Å². The standard InChI is InChI=1S/C15H10BrFN2O3S/c16-10-6-5-8(14(21)22)7-12(10)18-15(23)19-13(20)9-3-1-2-4-11(9)17/h1-7H,(H,21,22)(H2,18,19,20,23). The molecule has 0 saturated heterocycles. The topological polar surface area (TPSA) is 78.4 Å². The molecule has 0 aliphatic carbocycles. The Kier molecular flexibility index (Phi) is 5.41. The maximum absolute atomic E-state index is 13.5. The van der Waals surface area contributed by atoms with Crippen molar-refractivity contribution in [3.63, 3.8) is 0 Å². The lowest BCUT2D eigenvalue weighted by Gasteiger charge is -2.12. The molecule has 0 aliphatic rings.